The normalized spacial score (nSPS) is 11.1. The van der Waals surface area contributed by atoms with Crippen LogP contribution in [-0.2, 0) is 0 Å². The lowest BCUT2D eigenvalue weighted by Crippen LogP contribution is -2.24. The first-order valence-electron chi connectivity index (χ1n) is 4.44. The highest BCUT2D eigenvalue weighted by atomic mass is 15.0. The van der Waals surface area contributed by atoms with Gasteiger partial charge in [-0.25, -0.2) is 9.98 Å². The number of nitrogens with two attached hydrogens (primary N) is 2. The first kappa shape index (κ1) is 10.2. The van der Waals surface area contributed by atoms with Gasteiger partial charge in [0.05, 0.1) is 5.69 Å². The largest absolute Gasteiger partial charge is 0.370 e. The number of amidine groups is 1. The van der Waals surface area contributed by atoms with E-state index in [-0.39, 0.29) is 5.96 Å². The van der Waals surface area contributed by atoms with Gasteiger partial charge in [-0.1, -0.05) is 25.1 Å². The van der Waals surface area contributed by atoms with Gasteiger partial charge in [0.25, 0.3) is 0 Å². The highest BCUT2D eigenvalue weighted by molar-refractivity contribution is 5.95. The van der Waals surface area contributed by atoms with E-state index in [0.29, 0.717) is 12.3 Å². The molecule has 1 aromatic carbocycles. The number of para-hydroxylation sites is 1. The molecule has 0 atom stereocenters. The van der Waals surface area contributed by atoms with E-state index in [1.807, 2.05) is 37.3 Å². The van der Waals surface area contributed by atoms with Crippen LogP contribution in [0, 0.1) is 0 Å². The quantitative estimate of drug-likeness (QED) is 0.546. The lowest BCUT2D eigenvalue weighted by molar-refractivity contribution is 1.23. The molecule has 14 heavy (non-hydrogen) atoms. The molecule has 0 heterocycles. The maximum Gasteiger partial charge on any atom is 0.192 e. The van der Waals surface area contributed by atoms with Gasteiger partial charge in [-0.15, -0.1) is 0 Å². The summed E-state index contributed by atoms with van der Waals surface area (Å²) < 4.78 is 0. The number of hydrogen-bond acceptors (Lipinski definition) is 1. The Morgan fingerprint density at radius 3 is 2.36 bits per heavy atom. The van der Waals surface area contributed by atoms with E-state index >= 15 is 0 Å². The van der Waals surface area contributed by atoms with Gasteiger partial charge in [-0.2, -0.15) is 0 Å². The van der Waals surface area contributed by atoms with E-state index in [2.05, 4.69) is 9.98 Å². The molecule has 0 aliphatic heterocycles. The summed E-state index contributed by atoms with van der Waals surface area (Å²) in [7, 11) is 0. The standard InChI is InChI=1S/C10H14N4/c1-2-9(14-10(11)12)13-8-6-4-3-5-7-8/h3-7H,2H2,1H3,(H4,11,12,13,14). The highest BCUT2D eigenvalue weighted by Gasteiger charge is 1.94. The van der Waals surface area contributed by atoms with Gasteiger partial charge in [-0.05, 0) is 12.1 Å². The van der Waals surface area contributed by atoms with Gasteiger partial charge in [0.15, 0.2) is 5.96 Å². The van der Waals surface area contributed by atoms with E-state index in [0.717, 1.165) is 5.69 Å². The lowest BCUT2D eigenvalue weighted by Gasteiger charge is -1.97. The number of rotatable bonds is 2. The zero-order valence-corrected chi connectivity index (χ0v) is 8.14. The molecular formula is C10H14N4. The molecule has 0 amide bonds. The summed E-state index contributed by atoms with van der Waals surface area (Å²) in [6, 6.07) is 9.57. The molecule has 4 heteroatoms. The molecule has 0 unspecified atom stereocenters. The molecule has 1 rings (SSSR count). The smallest absolute Gasteiger partial charge is 0.192 e. The highest BCUT2D eigenvalue weighted by Crippen LogP contribution is 2.11. The van der Waals surface area contributed by atoms with Crippen molar-refractivity contribution in [2.24, 2.45) is 21.5 Å². The summed E-state index contributed by atoms with van der Waals surface area (Å²) in [6.07, 6.45) is 0.701. The summed E-state index contributed by atoms with van der Waals surface area (Å²) in [5.41, 5.74) is 11.4. The Morgan fingerprint density at radius 1 is 1.21 bits per heavy atom. The van der Waals surface area contributed by atoms with Crippen LogP contribution < -0.4 is 11.5 Å². The van der Waals surface area contributed by atoms with Crippen LogP contribution in [0.5, 0.6) is 0 Å². The number of nitrogens with zero attached hydrogens (tertiary/aromatic N) is 2. The Bertz CT molecular complexity index is 336. The van der Waals surface area contributed by atoms with Crippen LogP contribution in [0.3, 0.4) is 0 Å². The van der Waals surface area contributed by atoms with Crippen LogP contribution in [0.4, 0.5) is 5.69 Å². The van der Waals surface area contributed by atoms with Gasteiger partial charge in [0, 0.05) is 6.42 Å². The van der Waals surface area contributed by atoms with Crippen molar-refractivity contribution < 1.29 is 0 Å². The average Bonchev–Trinajstić information content (AvgIpc) is 2.17. The third-order valence-electron chi connectivity index (χ3n) is 1.59. The average molecular weight is 190 g/mol. The number of benzene rings is 1. The van der Waals surface area contributed by atoms with Crippen molar-refractivity contribution in [3.05, 3.63) is 30.3 Å². The predicted molar refractivity (Wildman–Crippen MR) is 59.6 cm³/mol. The third kappa shape index (κ3) is 3.26. The number of aliphatic imine (C=N–C) groups is 2. The number of hydrogen-bond donors (Lipinski definition) is 2. The molecule has 0 fully saturated rings. The third-order valence-corrected chi connectivity index (χ3v) is 1.59. The first-order chi connectivity index (χ1) is 6.72. The van der Waals surface area contributed by atoms with Crippen molar-refractivity contribution in [3.8, 4) is 0 Å². The topological polar surface area (TPSA) is 76.8 Å². The van der Waals surface area contributed by atoms with Crippen LogP contribution in [0.2, 0.25) is 0 Å². The van der Waals surface area contributed by atoms with E-state index in [1.54, 1.807) is 0 Å². The Kier molecular flexibility index (Phi) is 3.67. The van der Waals surface area contributed by atoms with Crippen LogP contribution in [0.25, 0.3) is 0 Å². The molecule has 0 radical (unpaired) electrons. The van der Waals surface area contributed by atoms with Crippen molar-refractivity contribution >= 4 is 17.5 Å². The van der Waals surface area contributed by atoms with E-state index in [9.17, 15) is 0 Å². The van der Waals surface area contributed by atoms with Crippen LogP contribution in [0.1, 0.15) is 13.3 Å². The summed E-state index contributed by atoms with van der Waals surface area (Å²) in [5, 5.41) is 0. The molecule has 0 aromatic heterocycles. The molecule has 0 aliphatic carbocycles. The van der Waals surface area contributed by atoms with Crippen molar-refractivity contribution in [2.45, 2.75) is 13.3 Å². The maximum absolute atomic E-state index is 5.27. The van der Waals surface area contributed by atoms with Crippen molar-refractivity contribution in [3.63, 3.8) is 0 Å². The molecule has 74 valence electrons. The van der Waals surface area contributed by atoms with Crippen LogP contribution >= 0.6 is 0 Å². The van der Waals surface area contributed by atoms with Gasteiger partial charge >= 0.3 is 0 Å². The number of guanidine groups is 1. The van der Waals surface area contributed by atoms with Gasteiger partial charge in [0.2, 0.25) is 0 Å². The molecule has 0 saturated carbocycles. The van der Waals surface area contributed by atoms with Gasteiger partial charge in [0.1, 0.15) is 5.84 Å². The molecule has 0 spiro atoms. The maximum atomic E-state index is 5.27. The SMILES string of the molecule is CCC(N=C(N)N)=Nc1ccccc1. The zero-order chi connectivity index (χ0) is 10.4. The monoisotopic (exact) mass is 190 g/mol. The predicted octanol–water partition coefficient (Wildman–Crippen LogP) is 1.40. The summed E-state index contributed by atoms with van der Waals surface area (Å²) >= 11 is 0. The minimum absolute atomic E-state index is 0.0431. The van der Waals surface area contributed by atoms with Crippen LogP contribution in [-0.4, -0.2) is 11.8 Å². The van der Waals surface area contributed by atoms with Crippen molar-refractivity contribution in [1.29, 1.82) is 0 Å². The molecule has 1 aromatic rings. The Labute approximate surface area is 83.4 Å². The Hall–Kier alpha value is -1.84. The summed E-state index contributed by atoms with van der Waals surface area (Å²) in [4.78, 5) is 8.20. The van der Waals surface area contributed by atoms with Crippen LogP contribution in [0.15, 0.2) is 40.3 Å². The summed E-state index contributed by atoms with van der Waals surface area (Å²) in [5.74, 6) is 0.678. The molecule has 4 N–H and O–H groups in total. The zero-order valence-electron chi connectivity index (χ0n) is 8.14. The molecule has 4 nitrogen and oxygen atoms in total. The first-order valence-corrected chi connectivity index (χ1v) is 4.44. The summed E-state index contributed by atoms with van der Waals surface area (Å²) in [6.45, 7) is 1.95. The Balaban J connectivity index is 2.90. The van der Waals surface area contributed by atoms with E-state index in [4.69, 9.17) is 11.5 Å². The fourth-order valence-corrected chi connectivity index (χ4v) is 0.984. The van der Waals surface area contributed by atoms with Gasteiger partial charge in [-0.3, -0.25) is 0 Å². The fraction of sp³-hybridized carbons (Fsp3) is 0.200. The minimum atomic E-state index is 0.0431. The molecular weight excluding hydrogens is 176 g/mol. The second-order valence-corrected chi connectivity index (χ2v) is 2.75. The van der Waals surface area contributed by atoms with Crippen molar-refractivity contribution in [1.82, 2.24) is 0 Å². The lowest BCUT2D eigenvalue weighted by atomic mass is 10.3. The van der Waals surface area contributed by atoms with Gasteiger partial charge < -0.3 is 11.5 Å². The molecule has 0 bridgehead atoms. The minimum Gasteiger partial charge on any atom is -0.370 e. The second-order valence-electron chi connectivity index (χ2n) is 2.75. The van der Waals surface area contributed by atoms with E-state index in [1.165, 1.54) is 0 Å². The Morgan fingerprint density at radius 2 is 1.86 bits per heavy atom. The second kappa shape index (κ2) is 5.01. The van der Waals surface area contributed by atoms with E-state index < -0.39 is 0 Å². The van der Waals surface area contributed by atoms with Crippen molar-refractivity contribution in [2.75, 3.05) is 0 Å². The molecule has 0 aliphatic rings. The fourth-order valence-electron chi connectivity index (χ4n) is 0.984. The molecule has 0 saturated heterocycles.